The number of nitrogens with one attached hydrogen (secondary N) is 2. The first-order valence-electron chi connectivity index (χ1n) is 5.08. The van der Waals surface area contributed by atoms with Crippen molar-refractivity contribution in [3.05, 3.63) is 20.7 Å². The lowest BCUT2D eigenvalue weighted by molar-refractivity contribution is 0.135. The largest absolute Gasteiger partial charge is 0.396 e. The Hall–Kier alpha value is -0.650. The van der Waals surface area contributed by atoms with Crippen LogP contribution in [-0.2, 0) is 6.54 Å². The molecule has 15 heavy (non-hydrogen) atoms. The van der Waals surface area contributed by atoms with Crippen molar-refractivity contribution < 1.29 is 5.11 Å². The zero-order chi connectivity index (χ0) is 11.3. The van der Waals surface area contributed by atoms with Crippen molar-refractivity contribution >= 4 is 11.3 Å². The van der Waals surface area contributed by atoms with Gasteiger partial charge in [-0.1, -0.05) is 25.2 Å². The summed E-state index contributed by atoms with van der Waals surface area (Å²) < 4.78 is 0. The summed E-state index contributed by atoms with van der Waals surface area (Å²) in [4.78, 5) is 13.6. The number of hydrogen-bond donors (Lipinski definition) is 3. The van der Waals surface area contributed by atoms with Gasteiger partial charge in [-0.3, -0.25) is 4.79 Å². The van der Waals surface area contributed by atoms with Gasteiger partial charge in [-0.15, -0.1) is 0 Å². The Morgan fingerprint density at radius 1 is 1.67 bits per heavy atom. The quantitative estimate of drug-likeness (QED) is 0.681. The first kappa shape index (κ1) is 12.4. The predicted octanol–water partition coefficient (Wildman–Crippen LogP) is 0.935. The lowest BCUT2D eigenvalue weighted by Crippen LogP contribution is -2.34. The molecule has 0 saturated carbocycles. The summed E-state index contributed by atoms with van der Waals surface area (Å²) in [7, 11) is 0. The third-order valence-electron chi connectivity index (χ3n) is 2.67. The molecule has 1 rings (SSSR count). The number of H-pyrrole nitrogens is 1. The number of hydrogen-bond acceptors (Lipinski definition) is 4. The summed E-state index contributed by atoms with van der Waals surface area (Å²) in [5.41, 5.74) is 0.831. The standard InChI is InChI=1S/C10H18N2O2S/c1-3-10(2,7-13)6-11-4-8-5-15-9(14)12-8/h5,11,13H,3-4,6-7H2,1-2H3,(H,12,14). The number of aliphatic hydroxyl groups excluding tert-OH is 1. The molecule has 86 valence electrons. The second-order valence-corrected chi connectivity index (χ2v) is 4.94. The summed E-state index contributed by atoms with van der Waals surface area (Å²) in [5, 5.41) is 14.2. The molecule has 0 aliphatic rings. The van der Waals surface area contributed by atoms with Gasteiger partial charge in [0.1, 0.15) is 0 Å². The fourth-order valence-electron chi connectivity index (χ4n) is 1.19. The van der Waals surface area contributed by atoms with Crippen molar-refractivity contribution in [1.82, 2.24) is 10.3 Å². The summed E-state index contributed by atoms with van der Waals surface area (Å²) >= 11 is 1.17. The Morgan fingerprint density at radius 2 is 2.40 bits per heavy atom. The fraction of sp³-hybridized carbons (Fsp3) is 0.700. The molecule has 1 aromatic heterocycles. The molecule has 1 unspecified atom stereocenters. The smallest absolute Gasteiger partial charge is 0.304 e. The minimum Gasteiger partial charge on any atom is -0.396 e. The molecule has 0 spiro atoms. The highest BCUT2D eigenvalue weighted by Crippen LogP contribution is 2.18. The van der Waals surface area contributed by atoms with E-state index in [0.717, 1.165) is 18.7 Å². The molecule has 5 heteroatoms. The maximum absolute atomic E-state index is 10.9. The number of aliphatic hydroxyl groups is 1. The van der Waals surface area contributed by atoms with Crippen LogP contribution in [0.2, 0.25) is 0 Å². The molecule has 1 atom stereocenters. The molecule has 3 N–H and O–H groups in total. The van der Waals surface area contributed by atoms with Crippen LogP contribution in [0.4, 0.5) is 0 Å². The molecule has 1 heterocycles. The van der Waals surface area contributed by atoms with Gasteiger partial charge in [0.25, 0.3) is 0 Å². The van der Waals surface area contributed by atoms with Crippen molar-refractivity contribution in [3.8, 4) is 0 Å². The van der Waals surface area contributed by atoms with Crippen molar-refractivity contribution in [3.63, 3.8) is 0 Å². The van der Waals surface area contributed by atoms with Crippen molar-refractivity contribution in [2.45, 2.75) is 26.8 Å². The number of thiazole rings is 1. The third-order valence-corrected chi connectivity index (χ3v) is 3.39. The maximum atomic E-state index is 10.9. The first-order valence-corrected chi connectivity index (χ1v) is 5.96. The Balaban J connectivity index is 2.35. The highest BCUT2D eigenvalue weighted by atomic mass is 32.1. The molecular weight excluding hydrogens is 212 g/mol. The molecule has 0 aliphatic heterocycles. The SMILES string of the molecule is CCC(C)(CO)CNCc1csc(=O)[nH]1. The average molecular weight is 230 g/mol. The number of aromatic nitrogens is 1. The highest BCUT2D eigenvalue weighted by Gasteiger charge is 2.20. The molecular formula is C10H18N2O2S. The topological polar surface area (TPSA) is 65.1 Å². The molecule has 0 saturated heterocycles. The van der Waals surface area contributed by atoms with Crippen LogP contribution in [0.3, 0.4) is 0 Å². The van der Waals surface area contributed by atoms with E-state index in [0.29, 0.717) is 6.54 Å². The van der Waals surface area contributed by atoms with E-state index < -0.39 is 0 Å². The van der Waals surface area contributed by atoms with Gasteiger partial charge >= 0.3 is 4.87 Å². The number of rotatable bonds is 6. The van der Waals surface area contributed by atoms with Gasteiger partial charge in [0.2, 0.25) is 0 Å². The molecule has 0 amide bonds. The summed E-state index contributed by atoms with van der Waals surface area (Å²) in [5.74, 6) is 0. The summed E-state index contributed by atoms with van der Waals surface area (Å²) in [6.07, 6.45) is 0.927. The van der Waals surface area contributed by atoms with E-state index in [2.05, 4.69) is 17.2 Å². The van der Waals surface area contributed by atoms with E-state index in [1.807, 2.05) is 12.3 Å². The van der Waals surface area contributed by atoms with Gasteiger partial charge in [0.05, 0.1) is 0 Å². The lowest BCUT2D eigenvalue weighted by atomic mass is 9.89. The van der Waals surface area contributed by atoms with Gasteiger partial charge in [0, 0.05) is 36.2 Å². The lowest BCUT2D eigenvalue weighted by Gasteiger charge is -2.25. The monoisotopic (exact) mass is 230 g/mol. The molecule has 0 fully saturated rings. The third kappa shape index (κ3) is 3.77. The van der Waals surface area contributed by atoms with Gasteiger partial charge in [0.15, 0.2) is 0 Å². The minimum absolute atomic E-state index is 0.0211. The zero-order valence-corrected chi connectivity index (χ0v) is 9.99. The Morgan fingerprint density at radius 3 is 2.87 bits per heavy atom. The molecule has 0 aromatic carbocycles. The molecule has 1 aromatic rings. The van der Waals surface area contributed by atoms with Gasteiger partial charge in [-0.2, -0.15) is 0 Å². The zero-order valence-electron chi connectivity index (χ0n) is 9.17. The molecule has 0 radical (unpaired) electrons. The Kier molecular flexibility index (Phi) is 4.50. The Bertz CT molecular complexity index is 341. The molecule has 4 nitrogen and oxygen atoms in total. The fourth-order valence-corrected chi connectivity index (χ4v) is 1.77. The second-order valence-electron chi connectivity index (χ2n) is 4.10. The van der Waals surface area contributed by atoms with Crippen LogP contribution in [0.1, 0.15) is 26.0 Å². The van der Waals surface area contributed by atoms with Crippen molar-refractivity contribution in [1.29, 1.82) is 0 Å². The van der Waals surface area contributed by atoms with Crippen LogP contribution < -0.4 is 10.2 Å². The van der Waals surface area contributed by atoms with Gasteiger partial charge in [-0.25, -0.2) is 0 Å². The van der Waals surface area contributed by atoms with Crippen LogP contribution in [0.15, 0.2) is 10.2 Å². The van der Waals surface area contributed by atoms with E-state index in [-0.39, 0.29) is 16.9 Å². The van der Waals surface area contributed by atoms with E-state index in [1.54, 1.807) is 0 Å². The number of aromatic amines is 1. The van der Waals surface area contributed by atoms with Crippen LogP contribution >= 0.6 is 11.3 Å². The van der Waals surface area contributed by atoms with E-state index in [9.17, 15) is 9.90 Å². The van der Waals surface area contributed by atoms with Crippen molar-refractivity contribution in [2.24, 2.45) is 5.41 Å². The second kappa shape index (κ2) is 5.44. The molecule has 0 bridgehead atoms. The van der Waals surface area contributed by atoms with Gasteiger partial charge < -0.3 is 15.4 Å². The molecule has 0 aliphatic carbocycles. The van der Waals surface area contributed by atoms with E-state index >= 15 is 0 Å². The van der Waals surface area contributed by atoms with Gasteiger partial charge in [-0.05, 0) is 6.42 Å². The highest BCUT2D eigenvalue weighted by molar-refractivity contribution is 7.07. The van der Waals surface area contributed by atoms with Crippen LogP contribution in [0.5, 0.6) is 0 Å². The van der Waals surface area contributed by atoms with E-state index in [1.165, 1.54) is 11.3 Å². The average Bonchev–Trinajstić information content (AvgIpc) is 2.64. The maximum Gasteiger partial charge on any atom is 0.304 e. The van der Waals surface area contributed by atoms with Crippen LogP contribution in [0, 0.1) is 5.41 Å². The van der Waals surface area contributed by atoms with Crippen LogP contribution in [0.25, 0.3) is 0 Å². The minimum atomic E-state index is -0.0731. The van der Waals surface area contributed by atoms with E-state index in [4.69, 9.17) is 0 Å². The normalized spacial score (nSPS) is 15.1. The Labute approximate surface area is 93.4 Å². The van der Waals surface area contributed by atoms with Crippen molar-refractivity contribution in [2.75, 3.05) is 13.2 Å². The predicted molar refractivity (Wildman–Crippen MR) is 62.1 cm³/mol. The summed E-state index contributed by atoms with van der Waals surface area (Å²) in [6, 6.07) is 0. The van der Waals surface area contributed by atoms with Crippen LogP contribution in [-0.4, -0.2) is 23.2 Å². The first-order chi connectivity index (χ1) is 7.09. The summed E-state index contributed by atoms with van der Waals surface area (Å²) in [6.45, 7) is 5.67.